The molecular weight excluding hydrogens is 351 g/mol. The molecule has 1 aliphatic rings. The average Bonchev–Trinajstić information content (AvgIpc) is 3.37. The van der Waals surface area contributed by atoms with Crippen LogP contribution in [0.25, 0.3) is 0 Å². The number of halogens is 1. The molecule has 5 heteroatoms. The predicted molar refractivity (Wildman–Crippen MR) is 99.6 cm³/mol. The molecule has 1 fully saturated rings. The van der Waals surface area contributed by atoms with Gasteiger partial charge in [-0.25, -0.2) is 12.8 Å². The molecule has 2 aromatic rings. The maximum atomic E-state index is 13.4. The number of carbonyl (C=O) groups excluding carboxylic acids is 1. The number of hydrogen-bond acceptors (Lipinski definition) is 3. The summed E-state index contributed by atoms with van der Waals surface area (Å²) in [4.78, 5) is 12.8. The first-order valence-corrected chi connectivity index (χ1v) is 10.5. The van der Waals surface area contributed by atoms with Gasteiger partial charge in [-0.15, -0.1) is 0 Å². The number of sulfone groups is 1. The molecule has 0 heterocycles. The molecule has 0 aromatic heterocycles. The van der Waals surface area contributed by atoms with Gasteiger partial charge < -0.3 is 0 Å². The molecule has 138 valence electrons. The lowest BCUT2D eigenvalue weighted by atomic mass is 10.0. The van der Waals surface area contributed by atoms with Crippen LogP contribution < -0.4 is 0 Å². The van der Waals surface area contributed by atoms with Gasteiger partial charge in [-0.3, -0.25) is 4.79 Å². The van der Waals surface area contributed by atoms with Crippen LogP contribution in [-0.4, -0.2) is 20.0 Å². The van der Waals surface area contributed by atoms with E-state index >= 15 is 0 Å². The van der Waals surface area contributed by atoms with E-state index < -0.39 is 9.84 Å². The third kappa shape index (κ3) is 4.04. The van der Waals surface area contributed by atoms with Crippen LogP contribution in [0, 0.1) is 18.2 Å². The van der Waals surface area contributed by atoms with Gasteiger partial charge in [0.2, 0.25) is 0 Å². The molecule has 0 saturated heterocycles. The number of ketones is 1. The first kappa shape index (κ1) is 18.8. The Balaban J connectivity index is 1.80. The Bertz CT molecular complexity index is 943. The quantitative estimate of drug-likeness (QED) is 0.670. The van der Waals surface area contributed by atoms with E-state index in [-0.39, 0.29) is 34.1 Å². The Hall–Kier alpha value is -2.01. The van der Waals surface area contributed by atoms with Gasteiger partial charge in [-0.1, -0.05) is 31.2 Å². The van der Waals surface area contributed by atoms with Gasteiger partial charge in [0.05, 0.1) is 10.6 Å². The second-order valence-electron chi connectivity index (χ2n) is 7.32. The summed E-state index contributed by atoms with van der Waals surface area (Å²) in [5.41, 5.74) is 1.49. The van der Waals surface area contributed by atoms with Crippen LogP contribution in [-0.2, 0) is 16.3 Å². The minimum absolute atomic E-state index is 0.0789. The van der Waals surface area contributed by atoms with Crippen molar-refractivity contribution in [2.45, 2.75) is 44.4 Å². The smallest absolute Gasteiger partial charge is 0.178 e. The first-order chi connectivity index (χ1) is 12.2. The summed E-state index contributed by atoms with van der Waals surface area (Å²) in [6, 6.07) is 10.8. The first-order valence-electron chi connectivity index (χ1n) is 8.86. The summed E-state index contributed by atoms with van der Waals surface area (Å²) in [5.74, 6) is -0.338. The summed E-state index contributed by atoms with van der Waals surface area (Å²) in [6.07, 6.45) is 2.87. The third-order valence-electron chi connectivity index (χ3n) is 5.31. The molecule has 0 atom stereocenters. The number of aryl methyl sites for hydroxylation is 1. The molecule has 0 amide bonds. The maximum absolute atomic E-state index is 13.4. The average molecular weight is 374 g/mol. The van der Waals surface area contributed by atoms with Crippen molar-refractivity contribution >= 4 is 15.6 Å². The van der Waals surface area contributed by atoms with E-state index in [9.17, 15) is 17.6 Å². The molecule has 2 aromatic carbocycles. The van der Waals surface area contributed by atoms with Gasteiger partial charge in [0.15, 0.2) is 15.6 Å². The van der Waals surface area contributed by atoms with E-state index in [1.807, 2.05) is 6.92 Å². The molecule has 0 spiro atoms. The largest absolute Gasteiger partial charge is 0.294 e. The molecule has 1 saturated carbocycles. The molecule has 3 nitrogen and oxygen atoms in total. The number of carbonyl (C=O) groups is 1. The summed E-state index contributed by atoms with van der Waals surface area (Å²) < 4.78 is 38.8. The lowest BCUT2D eigenvalue weighted by Gasteiger charge is -2.13. The van der Waals surface area contributed by atoms with Crippen molar-refractivity contribution in [2.24, 2.45) is 5.41 Å². The number of benzene rings is 2. The number of hydrogen-bond donors (Lipinski definition) is 0. The van der Waals surface area contributed by atoms with E-state index in [1.54, 1.807) is 37.3 Å². The maximum Gasteiger partial charge on any atom is 0.178 e. The van der Waals surface area contributed by atoms with E-state index in [4.69, 9.17) is 0 Å². The van der Waals surface area contributed by atoms with E-state index in [2.05, 4.69) is 0 Å². The molecule has 0 bridgehead atoms. The Morgan fingerprint density at radius 1 is 1.15 bits per heavy atom. The second-order valence-corrected chi connectivity index (χ2v) is 9.31. The van der Waals surface area contributed by atoms with Gasteiger partial charge in [0.1, 0.15) is 5.82 Å². The standard InChI is InChI=1S/C21H23FO3S/c1-3-21(9-10-21)14-26(24,25)18-6-4-5-17(13-18)20(23)12-16-7-8-19(22)15(2)11-16/h4-8,11,13H,3,9-10,12,14H2,1-2H3. The number of Topliss-reactive ketones (excluding diaryl/α,β-unsaturated/α-hetero) is 1. The molecular formula is C21H23FO3S. The van der Waals surface area contributed by atoms with Gasteiger partial charge in [-0.2, -0.15) is 0 Å². The zero-order valence-corrected chi connectivity index (χ0v) is 15.9. The molecule has 0 unspecified atom stereocenters. The SMILES string of the molecule is CCC1(CS(=O)(=O)c2cccc(C(=O)Cc3ccc(F)c(C)c3)c2)CC1. The van der Waals surface area contributed by atoms with Crippen LogP contribution in [0.4, 0.5) is 4.39 Å². The summed E-state index contributed by atoms with van der Waals surface area (Å²) >= 11 is 0. The molecule has 0 aliphatic heterocycles. The van der Waals surface area contributed by atoms with Gasteiger partial charge >= 0.3 is 0 Å². The fraction of sp³-hybridized carbons (Fsp3) is 0.381. The minimum atomic E-state index is -3.41. The van der Waals surface area contributed by atoms with Crippen molar-refractivity contribution < 1.29 is 17.6 Å². The zero-order valence-electron chi connectivity index (χ0n) is 15.1. The second kappa shape index (κ2) is 6.95. The van der Waals surface area contributed by atoms with E-state index in [1.165, 1.54) is 12.1 Å². The summed E-state index contributed by atoms with van der Waals surface area (Å²) in [5, 5.41) is 0. The Labute approximate surface area is 154 Å². The molecule has 0 N–H and O–H groups in total. The fourth-order valence-electron chi connectivity index (χ4n) is 3.23. The van der Waals surface area contributed by atoms with Crippen LogP contribution in [0.5, 0.6) is 0 Å². The Morgan fingerprint density at radius 2 is 1.88 bits per heavy atom. The monoisotopic (exact) mass is 374 g/mol. The number of rotatable bonds is 7. The van der Waals surface area contributed by atoms with Crippen molar-refractivity contribution in [1.29, 1.82) is 0 Å². The van der Waals surface area contributed by atoms with Crippen LogP contribution in [0.1, 0.15) is 47.7 Å². The zero-order chi connectivity index (χ0) is 18.9. The lowest BCUT2D eigenvalue weighted by molar-refractivity contribution is 0.0992. The van der Waals surface area contributed by atoms with Crippen LogP contribution in [0.2, 0.25) is 0 Å². The summed E-state index contributed by atoms with van der Waals surface area (Å²) in [6.45, 7) is 3.67. The van der Waals surface area contributed by atoms with Gasteiger partial charge in [-0.05, 0) is 60.9 Å². The Morgan fingerprint density at radius 3 is 2.50 bits per heavy atom. The highest BCUT2D eigenvalue weighted by molar-refractivity contribution is 7.91. The van der Waals surface area contributed by atoms with E-state index in [0.717, 1.165) is 19.3 Å². The Kier molecular flexibility index (Phi) is 5.02. The van der Waals surface area contributed by atoms with Crippen molar-refractivity contribution in [3.63, 3.8) is 0 Å². The van der Waals surface area contributed by atoms with Crippen molar-refractivity contribution in [2.75, 3.05) is 5.75 Å². The highest BCUT2D eigenvalue weighted by Crippen LogP contribution is 2.50. The predicted octanol–water partition coefficient (Wildman–Crippen LogP) is 4.52. The van der Waals surface area contributed by atoms with Gasteiger partial charge in [0.25, 0.3) is 0 Å². The van der Waals surface area contributed by atoms with Crippen LogP contribution in [0.15, 0.2) is 47.4 Å². The van der Waals surface area contributed by atoms with Crippen LogP contribution in [0.3, 0.4) is 0 Å². The third-order valence-corrected chi connectivity index (χ3v) is 7.27. The fourth-order valence-corrected chi connectivity index (χ4v) is 5.29. The highest BCUT2D eigenvalue weighted by atomic mass is 32.2. The minimum Gasteiger partial charge on any atom is -0.294 e. The van der Waals surface area contributed by atoms with Gasteiger partial charge in [0, 0.05) is 12.0 Å². The van der Waals surface area contributed by atoms with Crippen LogP contribution >= 0.6 is 0 Å². The van der Waals surface area contributed by atoms with Crippen molar-refractivity contribution in [1.82, 2.24) is 0 Å². The lowest BCUT2D eigenvalue weighted by Crippen LogP contribution is -2.17. The normalized spacial score (nSPS) is 15.7. The topological polar surface area (TPSA) is 51.2 Å². The summed E-state index contributed by atoms with van der Waals surface area (Å²) in [7, 11) is -3.41. The molecule has 26 heavy (non-hydrogen) atoms. The highest BCUT2D eigenvalue weighted by Gasteiger charge is 2.44. The molecule has 1 aliphatic carbocycles. The van der Waals surface area contributed by atoms with Crippen molar-refractivity contribution in [3.05, 3.63) is 65.0 Å². The molecule has 3 rings (SSSR count). The van der Waals surface area contributed by atoms with Crippen molar-refractivity contribution in [3.8, 4) is 0 Å². The van der Waals surface area contributed by atoms with E-state index in [0.29, 0.717) is 16.7 Å². The molecule has 0 radical (unpaired) electrons.